The van der Waals surface area contributed by atoms with E-state index in [4.69, 9.17) is 4.98 Å². The Hall–Kier alpha value is -4.40. The van der Waals surface area contributed by atoms with Crippen molar-refractivity contribution in [2.75, 3.05) is 37.6 Å². The zero-order valence-corrected chi connectivity index (χ0v) is 27.7. The number of aromatic nitrogens is 2. The molecule has 2 atom stereocenters. The molecule has 0 radical (unpaired) electrons. The van der Waals surface area contributed by atoms with E-state index in [0.29, 0.717) is 55.1 Å². The number of nitrogens with one attached hydrogen (secondary N) is 1. The fourth-order valence-electron chi connectivity index (χ4n) is 6.59. The minimum Gasteiger partial charge on any atom is -0.354 e. The Morgan fingerprint density at radius 3 is 2.31 bits per heavy atom. The summed E-state index contributed by atoms with van der Waals surface area (Å²) < 4.78 is 80.6. The zero-order valence-electron chi connectivity index (χ0n) is 26.9. The Labute approximate surface area is 282 Å². The van der Waals surface area contributed by atoms with Gasteiger partial charge in [-0.3, -0.25) is 9.88 Å². The van der Waals surface area contributed by atoms with E-state index in [1.54, 1.807) is 19.2 Å². The maximum Gasteiger partial charge on any atom is 0.432 e. The molecule has 14 heteroatoms. The van der Waals surface area contributed by atoms with Crippen LogP contribution in [0.1, 0.15) is 36.6 Å². The minimum atomic E-state index is -4.49. The van der Waals surface area contributed by atoms with E-state index in [2.05, 4.69) is 20.1 Å². The predicted octanol–water partition coefficient (Wildman–Crippen LogP) is 6.22. The van der Waals surface area contributed by atoms with Gasteiger partial charge in [0.05, 0.1) is 17.0 Å². The van der Waals surface area contributed by atoms with Gasteiger partial charge in [0.1, 0.15) is 29.1 Å². The number of carbonyl (C=O) groups is 1. The number of hydrogen-bond donors (Lipinski definition) is 1. The molecular weight excluding hydrogens is 660 g/mol. The van der Waals surface area contributed by atoms with Crippen molar-refractivity contribution in [3.05, 3.63) is 108 Å². The van der Waals surface area contributed by atoms with Gasteiger partial charge in [0.25, 0.3) is 0 Å². The van der Waals surface area contributed by atoms with Crippen molar-refractivity contribution in [1.29, 1.82) is 0 Å². The van der Waals surface area contributed by atoms with Gasteiger partial charge in [-0.2, -0.15) is 21.6 Å². The van der Waals surface area contributed by atoms with Crippen LogP contribution in [0, 0.1) is 5.82 Å². The van der Waals surface area contributed by atoms with Crippen LogP contribution < -0.4 is 10.2 Å². The lowest BCUT2D eigenvalue weighted by Crippen LogP contribution is -2.62. The summed E-state index contributed by atoms with van der Waals surface area (Å²) in [5, 5.41) is 2.84. The average molecular weight is 698 g/mol. The summed E-state index contributed by atoms with van der Waals surface area (Å²) in [7, 11) is -4.25. The Kier molecular flexibility index (Phi) is 9.74. The van der Waals surface area contributed by atoms with Gasteiger partial charge in [-0.1, -0.05) is 18.2 Å². The fourth-order valence-corrected chi connectivity index (χ4v) is 8.68. The van der Waals surface area contributed by atoms with Crippen LogP contribution in [0.2, 0.25) is 0 Å². The van der Waals surface area contributed by atoms with Crippen molar-refractivity contribution >= 4 is 21.9 Å². The predicted molar refractivity (Wildman–Crippen MR) is 176 cm³/mol. The molecule has 1 N–H and O–H groups in total. The number of benzene rings is 2. The first-order valence-corrected chi connectivity index (χ1v) is 17.5. The number of amides is 2. The number of likely N-dealkylation sites (tertiary alicyclic amines) is 1. The number of alkyl halides is 3. The van der Waals surface area contributed by atoms with Crippen molar-refractivity contribution in [1.82, 2.24) is 20.2 Å². The Morgan fingerprint density at radius 2 is 1.69 bits per heavy atom. The molecule has 0 spiro atoms. The highest BCUT2D eigenvalue weighted by atomic mass is 32.2. The van der Waals surface area contributed by atoms with Crippen LogP contribution in [0.4, 0.5) is 28.2 Å². The van der Waals surface area contributed by atoms with Crippen molar-refractivity contribution in [3.8, 4) is 11.3 Å². The zero-order chi connectivity index (χ0) is 34.8. The van der Waals surface area contributed by atoms with E-state index in [1.807, 2.05) is 24.3 Å². The third kappa shape index (κ3) is 7.17. The monoisotopic (exact) mass is 697 g/mol. The maximum absolute atomic E-state index is 14.0. The van der Waals surface area contributed by atoms with Gasteiger partial charge in [0.2, 0.25) is 0 Å². The van der Waals surface area contributed by atoms with E-state index < -0.39 is 43.5 Å². The van der Waals surface area contributed by atoms with Gasteiger partial charge >= 0.3 is 22.2 Å². The number of rotatable bonds is 8. The molecule has 1 unspecified atom stereocenters. The topological polar surface area (TPSA) is 95.5 Å². The molecule has 4 heterocycles. The summed E-state index contributed by atoms with van der Waals surface area (Å²) in [6.07, 6.45) is -1.71. The number of quaternary nitrogens is 1. The molecule has 0 saturated carbocycles. The number of pyridine rings is 2. The summed E-state index contributed by atoms with van der Waals surface area (Å²) in [6, 6.07) is 17.2. The second-order valence-electron chi connectivity index (χ2n) is 12.5. The second kappa shape index (κ2) is 13.8. The number of piperazine rings is 1. The number of hydrogen-bond acceptors (Lipinski definition) is 7. The molecule has 2 fully saturated rings. The maximum atomic E-state index is 14.0. The Morgan fingerprint density at radius 1 is 0.980 bits per heavy atom. The minimum absolute atomic E-state index is 0.0483. The normalized spacial score (nSPS) is 20.3. The van der Waals surface area contributed by atoms with Gasteiger partial charge in [0, 0.05) is 63.9 Å². The Balaban J connectivity index is 1.27. The highest BCUT2D eigenvalue weighted by Crippen LogP contribution is 2.36. The number of urea groups is 1. The standard InChI is InChI=1S/C35H36F4N6O3S/c1-25-5-4-20-45(25,49(47,48)31-13-11-29(36)12-14-31)34(46)41-23-26-21-32(27-7-9-28(10-8-27)35(37,38)39)42-33(22-26)44-18-16-43(17-19-44)24-30-6-2-3-15-40-30/h2-3,6-15,21-22,25H,4-5,16-20,23-24H2,1H3/p+1/t25-,45?/m1/s1. The number of carbonyl (C=O) groups excluding carboxylic acids is 1. The average Bonchev–Trinajstić information content (AvgIpc) is 3.50. The molecule has 0 aliphatic carbocycles. The van der Waals surface area contributed by atoms with Crippen LogP contribution in [0.15, 0.2) is 90.0 Å². The molecule has 9 nitrogen and oxygen atoms in total. The summed E-state index contributed by atoms with van der Waals surface area (Å²) in [5.74, 6) is 0.00730. The van der Waals surface area contributed by atoms with Crippen LogP contribution in [0.25, 0.3) is 11.3 Å². The van der Waals surface area contributed by atoms with E-state index in [0.717, 1.165) is 43.0 Å². The molecule has 2 saturated heterocycles. The molecule has 2 aliphatic heterocycles. The lowest BCUT2D eigenvalue weighted by molar-refractivity contribution is -0.733. The Bertz CT molecular complexity index is 1890. The second-order valence-corrected chi connectivity index (χ2v) is 14.5. The third-order valence-electron chi connectivity index (χ3n) is 9.34. The molecular formula is C35H37F4N6O3S+. The van der Waals surface area contributed by atoms with E-state index >= 15 is 0 Å². The van der Waals surface area contributed by atoms with Gasteiger partial charge in [0.15, 0.2) is 0 Å². The van der Waals surface area contributed by atoms with Gasteiger partial charge in [-0.15, -0.1) is 3.89 Å². The number of halogens is 4. The molecule has 2 aromatic carbocycles. The molecule has 2 aromatic heterocycles. The lowest BCUT2D eigenvalue weighted by Gasteiger charge is -2.35. The highest BCUT2D eigenvalue weighted by molar-refractivity contribution is 7.86. The van der Waals surface area contributed by atoms with Crippen molar-refractivity contribution in [3.63, 3.8) is 0 Å². The van der Waals surface area contributed by atoms with Crippen LogP contribution in [-0.2, 0) is 29.3 Å². The smallest absolute Gasteiger partial charge is 0.354 e. The number of nitrogens with zero attached hydrogens (tertiary/aromatic N) is 5. The largest absolute Gasteiger partial charge is 0.432 e. The summed E-state index contributed by atoms with van der Waals surface area (Å²) >= 11 is 0. The number of sulfonamides is 1. The van der Waals surface area contributed by atoms with Crippen LogP contribution in [0.5, 0.6) is 0 Å². The van der Waals surface area contributed by atoms with Crippen LogP contribution >= 0.6 is 0 Å². The van der Waals surface area contributed by atoms with Gasteiger partial charge < -0.3 is 10.2 Å². The van der Waals surface area contributed by atoms with Crippen molar-refractivity contribution < 1.29 is 34.7 Å². The third-order valence-corrected chi connectivity index (χ3v) is 11.8. The molecule has 0 bridgehead atoms. The molecule has 49 heavy (non-hydrogen) atoms. The number of anilines is 1. The SMILES string of the molecule is C[C@@H]1CCC[N+]1(C(=O)NCc1cc(-c2ccc(C(F)(F)F)cc2)nc(N2CCN(Cc3ccccn3)CC2)c1)S(=O)(=O)c1ccc(F)cc1. The summed E-state index contributed by atoms with van der Waals surface area (Å²) in [5.41, 5.74) is 1.68. The fraction of sp³-hybridized carbons (Fsp3) is 0.343. The van der Waals surface area contributed by atoms with Crippen LogP contribution in [0.3, 0.4) is 0 Å². The van der Waals surface area contributed by atoms with E-state index in [1.165, 1.54) is 24.3 Å². The van der Waals surface area contributed by atoms with Crippen molar-refractivity contribution in [2.45, 2.75) is 50.0 Å². The molecule has 2 amide bonds. The quantitative estimate of drug-likeness (QED) is 0.173. The van der Waals surface area contributed by atoms with Gasteiger partial charge in [-0.05, 0) is 73.2 Å². The van der Waals surface area contributed by atoms with E-state index in [-0.39, 0.29) is 18.0 Å². The molecule has 4 aromatic rings. The molecule has 258 valence electrons. The first-order chi connectivity index (χ1) is 23.4. The van der Waals surface area contributed by atoms with E-state index in [9.17, 15) is 30.8 Å². The van der Waals surface area contributed by atoms with Gasteiger partial charge in [-0.25, -0.2) is 14.2 Å². The first kappa shape index (κ1) is 34.5. The van der Waals surface area contributed by atoms with Crippen LogP contribution in [-0.4, -0.2) is 72.0 Å². The molecule has 6 rings (SSSR count). The lowest BCUT2D eigenvalue weighted by atomic mass is 10.1. The van der Waals surface area contributed by atoms with Crippen molar-refractivity contribution in [2.24, 2.45) is 0 Å². The summed E-state index contributed by atoms with van der Waals surface area (Å²) in [6.45, 7) is 5.16. The molecule has 2 aliphatic rings. The summed E-state index contributed by atoms with van der Waals surface area (Å²) in [4.78, 5) is 27.4. The highest BCUT2D eigenvalue weighted by Gasteiger charge is 2.56. The first-order valence-electron chi connectivity index (χ1n) is 16.1.